The van der Waals surface area contributed by atoms with Crippen molar-refractivity contribution >= 4 is 19.8 Å². The summed E-state index contributed by atoms with van der Waals surface area (Å²) in [5.74, 6) is -1.32. The minimum Gasteiger partial charge on any atom is -0.462 e. The molecule has 0 aromatic heterocycles. The molecule has 0 aromatic rings. The number of esters is 2. The SMILES string of the molecule is CCCCCCCCCCCCCCCCCCC(=O)OCC(COP(=O)(O)OC1C(OC2OC(CO)C(O)C(O)C2O)C(O)C(O)C(O)C1OC1OC(CO)C(O)C(O)C1O)OC(=O)CCCCCCCCCCCCCC. The van der Waals surface area contributed by atoms with E-state index < -0.39 is 150 Å². The average molecular weight is 1160 g/mol. The topological polar surface area (TPSA) is 368 Å². The molecule has 16 unspecified atom stereocenters. The molecule has 3 fully saturated rings. The quantitative estimate of drug-likeness (QED) is 0.0231. The first-order valence-corrected chi connectivity index (χ1v) is 31.4. The molecule has 24 heteroatoms. The van der Waals surface area contributed by atoms with Gasteiger partial charge in [-0.2, -0.15) is 0 Å². The smallest absolute Gasteiger partial charge is 0.462 e. The first-order valence-electron chi connectivity index (χ1n) is 29.9. The Kier molecular flexibility index (Phi) is 36.9. The minimum absolute atomic E-state index is 0.0253. The monoisotopic (exact) mass is 1160 g/mol. The largest absolute Gasteiger partial charge is 0.472 e. The lowest BCUT2D eigenvalue weighted by molar-refractivity contribution is -0.360. The molecule has 466 valence electrons. The first-order chi connectivity index (χ1) is 37.9. The number of carbonyl (C=O) groups excluding carboxylic acids is 2. The van der Waals surface area contributed by atoms with Gasteiger partial charge in [0.25, 0.3) is 0 Å². The molecule has 0 spiro atoms. The van der Waals surface area contributed by atoms with E-state index in [9.17, 15) is 75.2 Å². The summed E-state index contributed by atoms with van der Waals surface area (Å²) in [6.45, 7) is 1.02. The number of rotatable bonds is 44. The van der Waals surface area contributed by atoms with E-state index in [4.69, 9.17) is 37.5 Å². The maximum Gasteiger partial charge on any atom is 0.472 e. The van der Waals surface area contributed by atoms with Crippen LogP contribution < -0.4 is 0 Å². The second-order valence-corrected chi connectivity index (χ2v) is 23.3. The predicted octanol–water partition coefficient (Wildman–Crippen LogP) is 4.15. The summed E-state index contributed by atoms with van der Waals surface area (Å²) in [5.41, 5.74) is 0. The normalized spacial score (nSPS) is 31.4. The van der Waals surface area contributed by atoms with Gasteiger partial charge in [-0.3, -0.25) is 18.6 Å². The van der Waals surface area contributed by atoms with Gasteiger partial charge in [0, 0.05) is 12.8 Å². The van der Waals surface area contributed by atoms with Crippen LogP contribution in [0.2, 0.25) is 0 Å². The average Bonchev–Trinajstić information content (AvgIpc) is 3.45. The first kappa shape index (κ1) is 71.7. The Hall–Kier alpha value is -1.55. The van der Waals surface area contributed by atoms with E-state index in [0.717, 1.165) is 57.8 Å². The van der Waals surface area contributed by atoms with E-state index in [0.29, 0.717) is 12.8 Å². The molecule has 16 atom stereocenters. The van der Waals surface area contributed by atoms with Gasteiger partial charge in [-0.25, -0.2) is 4.57 Å². The van der Waals surface area contributed by atoms with Gasteiger partial charge in [0.2, 0.25) is 0 Å². The molecule has 3 aliphatic rings. The van der Waals surface area contributed by atoms with Crippen LogP contribution in [0.3, 0.4) is 0 Å². The molecule has 3 rings (SSSR count). The fourth-order valence-electron chi connectivity index (χ4n) is 10.2. The van der Waals surface area contributed by atoms with Crippen LogP contribution in [0, 0.1) is 0 Å². The van der Waals surface area contributed by atoms with E-state index in [-0.39, 0.29) is 12.8 Å². The van der Waals surface area contributed by atoms with Crippen molar-refractivity contribution in [1.82, 2.24) is 0 Å². The molecular formula is C55H103O23P. The van der Waals surface area contributed by atoms with Crippen molar-refractivity contribution in [3.05, 3.63) is 0 Å². The predicted molar refractivity (Wildman–Crippen MR) is 287 cm³/mol. The Morgan fingerprint density at radius 3 is 1.11 bits per heavy atom. The molecule has 0 radical (unpaired) electrons. The third kappa shape index (κ3) is 26.5. The van der Waals surface area contributed by atoms with Crippen LogP contribution in [0.25, 0.3) is 0 Å². The molecule has 2 heterocycles. The molecule has 1 aliphatic carbocycles. The zero-order valence-corrected chi connectivity index (χ0v) is 48.1. The van der Waals surface area contributed by atoms with Crippen molar-refractivity contribution < 1.29 is 113 Å². The molecule has 79 heavy (non-hydrogen) atoms. The molecule has 23 nitrogen and oxygen atoms in total. The Labute approximate surface area is 468 Å². The second kappa shape index (κ2) is 40.7. The zero-order valence-electron chi connectivity index (χ0n) is 47.2. The van der Waals surface area contributed by atoms with Gasteiger partial charge >= 0.3 is 19.8 Å². The zero-order chi connectivity index (χ0) is 58.2. The maximum atomic E-state index is 14.0. The lowest BCUT2D eigenvalue weighted by Gasteiger charge is -2.49. The van der Waals surface area contributed by atoms with E-state index in [2.05, 4.69) is 13.8 Å². The van der Waals surface area contributed by atoms with Crippen LogP contribution in [-0.2, 0) is 51.6 Å². The van der Waals surface area contributed by atoms with Crippen LogP contribution >= 0.6 is 7.82 Å². The number of aliphatic hydroxyl groups excluding tert-OH is 11. The van der Waals surface area contributed by atoms with E-state index >= 15 is 0 Å². The molecule has 2 aliphatic heterocycles. The summed E-state index contributed by atoms with van der Waals surface area (Å²) in [4.78, 5) is 37.5. The van der Waals surface area contributed by atoms with E-state index in [1.165, 1.54) is 109 Å². The summed E-state index contributed by atoms with van der Waals surface area (Å²) in [5, 5.41) is 117. The van der Waals surface area contributed by atoms with Crippen LogP contribution in [0.1, 0.15) is 206 Å². The van der Waals surface area contributed by atoms with Crippen molar-refractivity contribution in [1.29, 1.82) is 0 Å². The van der Waals surface area contributed by atoms with Crippen molar-refractivity contribution in [2.75, 3.05) is 26.4 Å². The van der Waals surface area contributed by atoms with Gasteiger partial charge in [0.15, 0.2) is 18.7 Å². The Morgan fingerprint density at radius 1 is 0.430 bits per heavy atom. The molecule has 0 bridgehead atoms. The molecular weight excluding hydrogens is 1060 g/mol. The maximum absolute atomic E-state index is 14.0. The number of ether oxygens (including phenoxy) is 6. The molecule has 0 aromatic carbocycles. The molecule has 0 amide bonds. The van der Waals surface area contributed by atoms with Crippen molar-refractivity contribution in [2.24, 2.45) is 0 Å². The summed E-state index contributed by atoms with van der Waals surface area (Å²) >= 11 is 0. The van der Waals surface area contributed by atoms with Crippen molar-refractivity contribution in [3.63, 3.8) is 0 Å². The highest BCUT2D eigenvalue weighted by Crippen LogP contribution is 2.49. The summed E-state index contributed by atoms with van der Waals surface area (Å²) in [6, 6.07) is 0. The lowest BCUT2D eigenvalue weighted by Crippen LogP contribution is -2.69. The number of carbonyl (C=O) groups is 2. The van der Waals surface area contributed by atoms with Gasteiger partial charge < -0.3 is 89.5 Å². The van der Waals surface area contributed by atoms with Crippen molar-refractivity contribution in [3.8, 4) is 0 Å². The highest BCUT2D eigenvalue weighted by atomic mass is 31.2. The van der Waals surface area contributed by atoms with Gasteiger partial charge in [0.1, 0.15) is 92.1 Å². The molecule has 12 N–H and O–H groups in total. The van der Waals surface area contributed by atoms with Crippen molar-refractivity contribution in [2.45, 2.75) is 311 Å². The fourth-order valence-corrected chi connectivity index (χ4v) is 11.1. The summed E-state index contributed by atoms with van der Waals surface area (Å²) in [7, 11) is -5.63. The Balaban J connectivity index is 1.69. The van der Waals surface area contributed by atoms with Gasteiger partial charge in [-0.05, 0) is 12.8 Å². The highest BCUT2D eigenvalue weighted by Gasteiger charge is 2.58. The minimum atomic E-state index is -5.63. The molecule has 2 saturated heterocycles. The van der Waals surface area contributed by atoms with E-state index in [1.807, 2.05) is 0 Å². The van der Waals surface area contributed by atoms with E-state index in [1.54, 1.807) is 0 Å². The third-order valence-corrected chi connectivity index (χ3v) is 16.2. The Morgan fingerprint density at radius 2 is 0.759 bits per heavy atom. The number of phosphoric acid groups is 1. The van der Waals surface area contributed by atoms with Crippen LogP contribution in [0.15, 0.2) is 0 Å². The highest BCUT2D eigenvalue weighted by molar-refractivity contribution is 7.47. The van der Waals surface area contributed by atoms with Gasteiger partial charge in [-0.15, -0.1) is 0 Å². The standard InChI is InChI=1S/C55H103O23P/c1-3-5-7-9-11-13-15-17-18-19-20-22-23-25-27-29-31-40(58)71-35-37(73-41(59)32-30-28-26-24-21-16-14-12-10-8-6-4-2)36-72-79(69,70)78-53-51(76-54-49(67)44(62)42(60)38(33-56)74-54)47(65)46(64)48(66)52(53)77-55-50(68)45(63)43(61)39(34-57)75-55/h37-39,42-57,60-68H,3-36H2,1-2H3,(H,69,70). The summed E-state index contributed by atoms with van der Waals surface area (Å²) < 4.78 is 58.1. The number of aliphatic hydroxyl groups is 11. The summed E-state index contributed by atoms with van der Waals surface area (Å²) in [6.07, 6.45) is -3.41. The second-order valence-electron chi connectivity index (χ2n) is 21.9. The fraction of sp³-hybridized carbons (Fsp3) is 0.964. The van der Waals surface area contributed by atoms with Crippen LogP contribution in [0.4, 0.5) is 0 Å². The lowest BCUT2D eigenvalue weighted by atomic mass is 9.84. The number of phosphoric ester groups is 1. The Bertz CT molecular complexity index is 1580. The van der Waals surface area contributed by atoms with Crippen LogP contribution in [-0.4, -0.2) is 204 Å². The van der Waals surface area contributed by atoms with Gasteiger partial charge in [-0.1, -0.05) is 181 Å². The van der Waals surface area contributed by atoms with Gasteiger partial charge in [0.05, 0.1) is 19.8 Å². The number of hydrogen-bond donors (Lipinski definition) is 12. The third-order valence-electron chi connectivity index (χ3n) is 15.2. The molecule has 1 saturated carbocycles. The number of unbranched alkanes of at least 4 members (excludes halogenated alkanes) is 26. The van der Waals surface area contributed by atoms with Crippen LogP contribution in [0.5, 0.6) is 0 Å². The number of hydrogen-bond acceptors (Lipinski definition) is 22.